The molecular formula is C19H16F6N2O2S3. The molecule has 0 radical (unpaired) electrons. The van der Waals surface area contributed by atoms with Gasteiger partial charge in [0.25, 0.3) is 5.91 Å². The van der Waals surface area contributed by atoms with Crippen LogP contribution in [0.25, 0.3) is 0 Å². The highest BCUT2D eigenvalue weighted by atomic mass is 32.2. The third kappa shape index (κ3) is 6.51. The highest BCUT2D eigenvalue weighted by molar-refractivity contribution is 8.00. The van der Waals surface area contributed by atoms with Crippen LogP contribution in [0.5, 0.6) is 0 Å². The summed E-state index contributed by atoms with van der Waals surface area (Å²) >= 11 is 1.54. The fourth-order valence-corrected chi connectivity index (χ4v) is 4.13. The number of benzene rings is 2. The molecule has 13 heteroatoms. The van der Waals surface area contributed by atoms with Crippen molar-refractivity contribution >= 4 is 52.9 Å². The van der Waals surface area contributed by atoms with Crippen molar-refractivity contribution in [1.29, 1.82) is 0 Å². The summed E-state index contributed by atoms with van der Waals surface area (Å²) in [5.41, 5.74) is -5.96. The van der Waals surface area contributed by atoms with Crippen molar-refractivity contribution in [2.24, 2.45) is 0 Å². The van der Waals surface area contributed by atoms with Gasteiger partial charge in [-0.2, -0.15) is 13.2 Å². The lowest BCUT2D eigenvalue weighted by atomic mass is 10.1. The molecule has 0 aliphatic rings. The average Bonchev–Trinajstić information content (AvgIpc) is 2.69. The Hall–Kier alpha value is -1.99. The molecule has 0 saturated carbocycles. The van der Waals surface area contributed by atoms with Crippen molar-refractivity contribution < 1.29 is 35.9 Å². The predicted octanol–water partition coefficient (Wildman–Crippen LogP) is 6.43. The number of amides is 3. The van der Waals surface area contributed by atoms with Crippen molar-refractivity contribution in [1.82, 2.24) is 4.90 Å². The highest BCUT2D eigenvalue weighted by Crippen LogP contribution is 2.38. The molecule has 0 aromatic heterocycles. The molecule has 2 aromatic carbocycles. The summed E-state index contributed by atoms with van der Waals surface area (Å²) in [6.07, 6.45) is 3.11. The Morgan fingerprint density at radius 1 is 0.906 bits per heavy atom. The molecule has 2 aromatic rings. The molecule has 0 saturated heterocycles. The zero-order valence-electron chi connectivity index (χ0n) is 16.6. The molecule has 0 N–H and O–H groups in total. The van der Waals surface area contributed by atoms with Crippen LogP contribution in [0.1, 0.15) is 10.4 Å². The van der Waals surface area contributed by atoms with E-state index >= 15 is 0 Å². The number of anilines is 1. The molecule has 2 rings (SSSR count). The van der Waals surface area contributed by atoms with E-state index in [4.69, 9.17) is 0 Å². The maximum atomic E-state index is 14.6. The van der Waals surface area contributed by atoms with E-state index in [1.807, 2.05) is 0 Å². The Kier molecular flexibility index (Phi) is 9.22. The number of carbonyl (C=O) groups is 2. The minimum absolute atomic E-state index is 0.181. The number of thioether (sulfide) groups is 3. The van der Waals surface area contributed by atoms with E-state index < -0.39 is 57.1 Å². The zero-order valence-corrected chi connectivity index (χ0v) is 19.0. The molecule has 0 unspecified atom stereocenters. The maximum absolute atomic E-state index is 14.6. The number of halogens is 6. The summed E-state index contributed by atoms with van der Waals surface area (Å²) in [5.74, 6) is -5.24. The topological polar surface area (TPSA) is 40.6 Å². The lowest BCUT2D eigenvalue weighted by Gasteiger charge is -2.29. The van der Waals surface area contributed by atoms with E-state index in [1.165, 1.54) is 6.26 Å². The van der Waals surface area contributed by atoms with Crippen molar-refractivity contribution in [2.75, 3.05) is 29.2 Å². The van der Waals surface area contributed by atoms with Crippen LogP contribution in [0.3, 0.4) is 0 Å². The Morgan fingerprint density at radius 3 is 2.00 bits per heavy atom. The summed E-state index contributed by atoms with van der Waals surface area (Å²) in [4.78, 5) is 26.9. The fraction of sp³-hybridized carbons (Fsp3) is 0.263. The van der Waals surface area contributed by atoms with Crippen LogP contribution >= 0.6 is 35.3 Å². The van der Waals surface area contributed by atoms with Gasteiger partial charge in [-0.3, -0.25) is 9.69 Å². The van der Waals surface area contributed by atoms with Crippen LogP contribution in [-0.2, 0) is 0 Å². The molecule has 3 amide bonds. The van der Waals surface area contributed by atoms with Crippen LogP contribution in [-0.4, -0.2) is 46.6 Å². The summed E-state index contributed by atoms with van der Waals surface area (Å²) in [6, 6.07) is 4.25. The average molecular weight is 515 g/mol. The summed E-state index contributed by atoms with van der Waals surface area (Å²) in [7, 11) is 0. The second-order valence-corrected chi connectivity index (χ2v) is 8.85. The van der Waals surface area contributed by atoms with Gasteiger partial charge in [-0.1, -0.05) is 6.07 Å². The molecule has 0 heterocycles. The molecular weight excluding hydrogens is 498 g/mol. The van der Waals surface area contributed by atoms with Crippen molar-refractivity contribution in [3.05, 3.63) is 59.4 Å². The van der Waals surface area contributed by atoms with Gasteiger partial charge in [0.2, 0.25) is 0 Å². The van der Waals surface area contributed by atoms with Gasteiger partial charge in [-0.05, 0) is 54.6 Å². The zero-order chi connectivity index (χ0) is 24.1. The number of rotatable bonds is 7. The van der Waals surface area contributed by atoms with Crippen LogP contribution in [0, 0.1) is 17.5 Å². The molecule has 0 fully saturated rings. The van der Waals surface area contributed by atoms with E-state index in [0.717, 1.165) is 58.8 Å². The Bertz CT molecular complexity index is 970. The summed E-state index contributed by atoms with van der Waals surface area (Å²) in [6.45, 7) is 0. The number of hydrogen-bond donors (Lipinski definition) is 0. The lowest BCUT2D eigenvalue weighted by Crippen LogP contribution is -2.47. The van der Waals surface area contributed by atoms with Crippen molar-refractivity contribution in [3.63, 3.8) is 0 Å². The third-order valence-electron chi connectivity index (χ3n) is 3.84. The molecule has 0 spiro atoms. The van der Waals surface area contributed by atoms with Gasteiger partial charge in [0, 0.05) is 4.90 Å². The molecule has 0 atom stereocenters. The van der Waals surface area contributed by atoms with Crippen LogP contribution in [0.4, 0.5) is 36.8 Å². The van der Waals surface area contributed by atoms with E-state index in [2.05, 4.69) is 0 Å². The minimum Gasteiger partial charge on any atom is -0.281 e. The van der Waals surface area contributed by atoms with Crippen LogP contribution in [0.2, 0.25) is 0 Å². The largest absolute Gasteiger partial charge is 0.446 e. The number of carbonyl (C=O) groups excluding carboxylic acids is 2. The van der Waals surface area contributed by atoms with Crippen molar-refractivity contribution in [3.8, 4) is 0 Å². The Balaban J connectivity index is 2.44. The Labute approximate surface area is 192 Å². The molecule has 0 aliphatic heterocycles. The highest BCUT2D eigenvalue weighted by Gasteiger charge is 2.33. The van der Waals surface area contributed by atoms with Gasteiger partial charge in [-0.25, -0.2) is 22.9 Å². The lowest BCUT2D eigenvalue weighted by molar-refractivity contribution is -0.0328. The SMILES string of the molecule is CSCN(C(=O)c1c(F)cccc1F)C(=O)N(CSC)c1ccc(SC(F)(F)F)cc1F. The predicted molar refractivity (Wildman–Crippen MR) is 115 cm³/mol. The van der Waals surface area contributed by atoms with Gasteiger partial charge < -0.3 is 0 Å². The number of urea groups is 1. The molecule has 32 heavy (non-hydrogen) atoms. The fourth-order valence-electron chi connectivity index (χ4n) is 2.57. The molecule has 4 nitrogen and oxygen atoms in total. The normalized spacial score (nSPS) is 11.4. The number of imide groups is 1. The number of hydrogen-bond acceptors (Lipinski definition) is 5. The number of alkyl halides is 3. The monoisotopic (exact) mass is 514 g/mol. The standard InChI is InChI=1S/C19H16F6N2O2S3/c1-30-9-26(15-7-6-11(8-14(15)22)32-19(23,24)25)18(29)27(10-31-2)17(28)16-12(20)4-3-5-13(16)21/h3-8H,9-10H2,1-2H3. The van der Waals surface area contributed by atoms with Gasteiger partial charge in [0.1, 0.15) is 23.0 Å². The maximum Gasteiger partial charge on any atom is 0.446 e. The van der Waals surface area contributed by atoms with E-state index in [1.54, 1.807) is 6.26 Å². The molecule has 0 aliphatic carbocycles. The minimum atomic E-state index is -4.63. The van der Waals surface area contributed by atoms with Crippen LogP contribution < -0.4 is 4.90 Å². The van der Waals surface area contributed by atoms with Crippen molar-refractivity contribution in [2.45, 2.75) is 10.4 Å². The third-order valence-corrected chi connectivity index (χ3v) is 5.60. The van der Waals surface area contributed by atoms with Gasteiger partial charge in [0.05, 0.1) is 17.4 Å². The summed E-state index contributed by atoms with van der Waals surface area (Å²) in [5, 5.41) is 0. The summed E-state index contributed by atoms with van der Waals surface area (Å²) < 4.78 is 80.5. The van der Waals surface area contributed by atoms with E-state index in [0.29, 0.717) is 11.0 Å². The van der Waals surface area contributed by atoms with E-state index in [-0.39, 0.29) is 17.4 Å². The second kappa shape index (κ2) is 11.2. The van der Waals surface area contributed by atoms with E-state index in [9.17, 15) is 35.9 Å². The first kappa shape index (κ1) is 26.3. The Morgan fingerprint density at radius 2 is 1.50 bits per heavy atom. The van der Waals surface area contributed by atoms with Gasteiger partial charge in [0.15, 0.2) is 0 Å². The first-order chi connectivity index (χ1) is 15.0. The number of nitrogens with zero attached hydrogens (tertiary/aromatic N) is 2. The quantitative estimate of drug-likeness (QED) is 0.242. The second-order valence-electron chi connectivity index (χ2n) is 6.04. The van der Waals surface area contributed by atoms with Gasteiger partial charge in [-0.15, -0.1) is 23.5 Å². The van der Waals surface area contributed by atoms with Gasteiger partial charge >= 0.3 is 11.5 Å². The van der Waals surface area contributed by atoms with Crippen LogP contribution in [0.15, 0.2) is 41.3 Å². The first-order valence-electron chi connectivity index (χ1n) is 8.60. The molecule has 0 bridgehead atoms. The smallest absolute Gasteiger partial charge is 0.281 e. The first-order valence-corrected chi connectivity index (χ1v) is 12.2. The molecule has 174 valence electrons.